The smallest absolute Gasteiger partial charge is 0.253 e. The molecule has 134 valence electrons. The van der Waals surface area contributed by atoms with Gasteiger partial charge in [0.2, 0.25) is 0 Å². The summed E-state index contributed by atoms with van der Waals surface area (Å²) in [5.41, 5.74) is 2.46. The normalized spacial score (nSPS) is 11.9. The molecule has 0 aliphatic heterocycles. The molecule has 2 aromatic heterocycles. The predicted molar refractivity (Wildman–Crippen MR) is 105 cm³/mol. The zero-order valence-electron chi connectivity index (χ0n) is 14.9. The number of aromatic nitrogens is 2. The Kier molecular flexibility index (Phi) is 4.58. The van der Waals surface area contributed by atoms with Gasteiger partial charge in [-0.1, -0.05) is 24.3 Å². The molecule has 2 heterocycles. The number of fused-ring (bicyclic) bond motifs is 1. The molecule has 1 atom stereocenters. The molecule has 5 nitrogen and oxygen atoms in total. The Morgan fingerprint density at radius 3 is 2.59 bits per heavy atom. The summed E-state index contributed by atoms with van der Waals surface area (Å²) in [6.07, 6.45) is 3.54. The maximum Gasteiger partial charge on any atom is 0.253 e. The van der Waals surface area contributed by atoms with Gasteiger partial charge in [0, 0.05) is 17.8 Å². The second-order valence-electron chi connectivity index (χ2n) is 6.20. The third-order valence-corrected chi connectivity index (χ3v) is 4.56. The van der Waals surface area contributed by atoms with Crippen LogP contribution in [0.4, 0.5) is 5.82 Å². The monoisotopic (exact) mass is 358 g/mol. The summed E-state index contributed by atoms with van der Waals surface area (Å²) >= 11 is 0. The van der Waals surface area contributed by atoms with E-state index in [0.29, 0.717) is 5.52 Å². The summed E-state index contributed by atoms with van der Waals surface area (Å²) < 4.78 is 5.27. The van der Waals surface area contributed by atoms with Gasteiger partial charge in [0.15, 0.2) is 11.9 Å². The molecule has 5 heteroatoms. The molecule has 27 heavy (non-hydrogen) atoms. The van der Waals surface area contributed by atoms with Crippen molar-refractivity contribution in [2.75, 3.05) is 12.4 Å². The topological polar surface area (TPSA) is 68.5 Å². The summed E-state index contributed by atoms with van der Waals surface area (Å²) in [5, 5.41) is 15.3. The van der Waals surface area contributed by atoms with E-state index < -0.39 is 0 Å². The molecule has 1 unspecified atom stereocenters. The standard InChI is InChI=1S/C22H19N3O2/c1-27-17-10-7-16(8-11-17)20(25-19-6-2-3-13-23-19)18-12-9-15-5-4-14-24-21(15)22(18)26/h2-14,20,26H,1H3,(H,23,25)/p+1. The van der Waals surface area contributed by atoms with Crippen LogP contribution in [0.15, 0.2) is 79.1 Å². The number of nitrogens with zero attached hydrogens (tertiary/aromatic N) is 1. The van der Waals surface area contributed by atoms with E-state index in [9.17, 15) is 5.11 Å². The van der Waals surface area contributed by atoms with Crippen LogP contribution in [0.1, 0.15) is 17.2 Å². The highest BCUT2D eigenvalue weighted by atomic mass is 16.5. The van der Waals surface area contributed by atoms with Crippen molar-refractivity contribution in [3.8, 4) is 11.5 Å². The van der Waals surface area contributed by atoms with Crippen LogP contribution in [0.3, 0.4) is 0 Å². The van der Waals surface area contributed by atoms with Gasteiger partial charge in [-0.2, -0.15) is 0 Å². The van der Waals surface area contributed by atoms with Gasteiger partial charge in [-0.25, -0.2) is 9.97 Å². The lowest BCUT2D eigenvalue weighted by Gasteiger charge is -2.21. The van der Waals surface area contributed by atoms with Crippen LogP contribution in [0, 0.1) is 0 Å². The number of hydrogen-bond acceptors (Lipinski definition) is 4. The van der Waals surface area contributed by atoms with Gasteiger partial charge in [0.25, 0.3) is 5.52 Å². The third-order valence-electron chi connectivity index (χ3n) is 4.56. The van der Waals surface area contributed by atoms with Crippen LogP contribution >= 0.6 is 0 Å². The average molecular weight is 358 g/mol. The van der Waals surface area contributed by atoms with E-state index in [2.05, 4.69) is 15.3 Å². The molecule has 0 bridgehead atoms. The number of phenols is 1. The first kappa shape index (κ1) is 16.8. The molecule has 0 aliphatic rings. The molecule has 0 saturated carbocycles. The summed E-state index contributed by atoms with van der Waals surface area (Å²) in [6.45, 7) is 0. The van der Waals surface area contributed by atoms with Crippen LogP contribution in [0.2, 0.25) is 0 Å². The zero-order valence-corrected chi connectivity index (χ0v) is 14.9. The van der Waals surface area contributed by atoms with E-state index in [4.69, 9.17) is 4.74 Å². The van der Waals surface area contributed by atoms with Gasteiger partial charge >= 0.3 is 0 Å². The van der Waals surface area contributed by atoms with Gasteiger partial charge in [-0.05, 0) is 42.0 Å². The van der Waals surface area contributed by atoms with Gasteiger partial charge in [0.1, 0.15) is 11.6 Å². The molecule has 0 fully saturated rings. The zero-order chi connectivity index (χ0) is 18.6. The highest BCUT2D eigenvalue weighted by Crippen LogP contribution is 2.35. The molecule has 4 aromatic rings. The lowest BCUT2D eigenvalue weighted by Crippen LogP contribution is -2.14. The van der Waals surface area contributed by atoms with Crippen LogP contribution < -0.4 is 15.0 Å². The lowest BCUT2D eigenvalue weighted by atomic mass is 9.96. The molecule has 4 rings (SSSR count). The fourth-order valence-corrected chi connectivity index (χ4v) is 3.16. The van der Waals surface area contributed by atoms with Crippen LogP contribution in [-0.2, 0) is 0 Å². The van der Waals surface area contributed by atoms with Crippen molar-refractivity contribution in [3.05, 3.63) is 90.3 Å². The summed E-state index contributed by atoms with van der Waals surface area (Å²) in [5.74, 6) is 1.73. The van der Waals surface area contributed by atoms with Gasteiger partial charge in [-0.15, -0.1) is 0 Å². The average Bonchev–Trinajstić information content (AvgIpc) is 2.74. The highest BCUT2D eigenvalue weighted by Gasteiger charge is 2.22. The van der Waals surface area contributed by atoms with Crippen LogP contribution in [0.5, 0.6) is 11.5 Å². The number of aromatic hydroxyl groups is 1. The first-order valence-corrected chi connectivity index (χ1v) is 8.70. The fraction of sp³-hybridized carbons (Fsp3) is 0.0909. The Bertz CT molecular complexity index is 1050. The van der Waals surface area contributed by atoms with Crippen molar-refractivity contribution >= 4 is 16.7 Å². The molecule has 0 aliphatic carbocycles. The van der Waals surface area contributed by atoms with Gasteiger partial charge in [0.05, 0.1) is 18.5 Å². The molecule has 0 amide bonds. The molecular weight excluding hydrogens is 338 g/mol. The van der Waals surface area contributed by atoms with Crippen molar-refractivity contribution in [2.45, 2.75) is 6.04 Å². The van der Waals surface area contributed by atoms with Crippen molar-refractivity contribution < 1.29 is 14.8 Å². The lowest BCUT2D eigenvalue weighted by molar-refractivity contribution is -0.345. The Hall–Kier alpha value is -3.60. The quantitative estimate of drug-likeness (QED) is 0.566. The Morgan fingerprint density at radius 2 is 1.85 bits per heavy atom. The number of pyridine rings is 2. The molecular formula is C22H20N3O2+. The van der Waals surface area contributed by atoms with Crippen molar-refractivity contribution in [2.24, 2.45) is 0 Å². The summed E-state index contributed by atoms with van der Waals surface area (Å²) in [7, 11) is 1.64. The number of H-pyrrole nitrogens is 1. The van der Waals surface area contributed by atoms with E-state index in [-0.39, 0.29) is 11.8 Å². The number of aromatic amines is 1. The maximum atomic E-state index is 10.9. The van der Waals surface area contributed by atoms with Crippen molar-refractivity contribution in [3.63, 3.8) is 0 Å². The van der Waals surface area contributed by atoms with Crippen LogP contribution in [0.25, 0.3) is 10.9 Å². The van der Waals surface area contributed by atoms with Crippen molar-refractivity contribution in [1.29, 1.82) is 0 Å². The number of benzene rings is 2. The molecule has 0 spiro atoms. The molecule has 0 saturated heterocycles. The van der Waals surface area contributed by atoms with E-state index in [1.54, 1.807) is 19.5 Å². The first-order chi connectivity index (χ1) is 13.3. The van der Waals surface area contributed by atoms with E-state index in [0.717, 1.165) is 28.1 Å². The van der Waals surface area contributed by atoms with E-state index >= 15 is 0 Å². The SMILES string of the molecule is COc1ccc(C(Nc2ccccn2)c2ccc3ccc[nH+]c3c2O)cc1. The highest BCUT2D eigenvalue weighted by molar-refractivity contribution is 5.83. The number of nitrogens with one attached hydrogen (secondary N) is 2. The second kappa shape index (κ2) is 7.33. The van der Waals surface area contributed by atoms with Gasteiger partial charge < -0.3 is 15.2 Å². The minimum atomic E-state index is -0.274. The number of methoxy groups -OCH3 is 1. The number of anilines is 1. The molecule has 2 aromatic carbocycles. The minimum Gasteiger partial charge on any atom is -0.502 e. The first-order valence-electron chi connectivity index (χ1n) is 8.70. The fourth-order valence-electron chi connectivity index (χ4n) is 3.16. The Labute approximate surface area is 157 Å². The van der Waals surface area contributed by atoms with Crippen LogP contribution in [-0.4, -0.2) is 17.2 Å². The summed E-state index contributed by atoms with van der Waals surface area (Å²) in [6, 6.07) is 21.0. The number of rotatable bonds is 5. The predicted octanol–water partition coefficient (Wildman–Crippen LogP) is 3.96. The second-order valence-corrected chi connectivity index (χ2v) is 6.20. The third kappa shape index (κ3) is 3.40. The number of phenolic OH excluding ortho intramolecular Hbond substituents is 1. The Balaban J connectivity index is 1.83. The number of ether oxygens (including phenoxy) is 1. The minimum absolute atomic E-state index is 0.220. The largest absolute Gasteiger partial charge is 0.502 e. The molecule has 3 N–H and O–H groups in total. The van der Waals surface area contributed by atoms with E-state index in [1.807, 2.05) is 66.7 Å². The Morgan fingerprint density at radius 1 is 1.00 bits per heavy atom. The molecule has 0 radical (unpaired) electrons. The van der Waals surface area contributed by atoms with Crippen molar-refractivity contribution in [1.82, 2.24) is 4.98 Å². The number of hydrogen-bond donors (Lipinski definition) is 2. The van der Waals surface area contributed by atoms with E-state index in [1.165, 1.54) is 0 Å². The summed E-state index contributed by atoms with van der Waals surface area (Å²) in [4.78, 5) is 7.50. The maximum absolute atomic E-state index is 10.9. The van der Waals surface area contributed by atoms with Gasteiger partial charge in [-0.3, -0.25) is 0 Å².